The predicted octanol–water partition coefficient (Wildman–Crippen LogP) is 2.74. The number of amides is 2. The number of carbonyl (C=O) groups excluding carboxylic acids is 2. The lowest BCUT2D eigenvalue weighted by atomic mass is 10.0. The van der Waals surface area contributed by atoms with Crippen LogP contribution in [-0.2, 0) is 9.53 Å². The standard InChI is InChI=1S/C15H18ClN3O3S/c1-3-10-12(14(20)22-4-2)11(19-15(21)18-10)8-23-13-9(16)6-5-7-17-13/h5-7,10H,3-4,8H2,1-2H3,(H2,18,19,21). The molecule has 2 heterocycles. The van der Waals surface area contributed by atoms with Crippen LogP contribution in [0.15, 0.2) is 34.6 Å². The lowest BCUT2D eigenvalue weighted by molar-refractivity contribution is -0.139. The van der Waals surface area contributed by atoms with Crippen molar-refractivity contribution >= 4 is 35.4 Å². The van der Waals surface area contributed by atoms with Crippen LogP contribution in [0.1, 0.15) is 20.3 Å². The minimum Gasteiger partial charge on any atom is -0.463 e. The van der Waals surface area contributed by atoms with E-state index < -0.39 is 5.97 Å². The van der Waals surface area contributed by atoms with Crippen molar-refractivity contribution in [3.63, 3.8) is 0 Å². The van der Waals surface area contributed by atoms with Crippen molar-refractivity contribution in [1.29, 1.82) is 0 Å². The third-order valence-electron chi connectivity index (χ3n) is 3.22. The Balaban J connectivity index is 2.26. The van der Waals surface area contributed by atoms with E-state index in [1.807, 2.05) is 6.92 Å². The number of hydrogen-bond donors (Lipinski definition) is 2. The van der Waals surface area contributed by atoms with Crippen LogP contribution in [0.3, 0.4) is 0 Å². The van der Waals surface area contributed by atoms with E-state index in [4.69, 9.17) is 16.3 Å². The van der Waals surface area contributed by atoms with Gasteiger partial charge in [0, 0.05) is 17.6 Å². The molecule has 2 amide bonds. The molecule has 0 saturated heterocycles. The first-order valence-electron chi connectivity index (χ1n) is 7.27. The molecule has 124 valence electrons. The van der Waals surface area contributed by atoms with Gasteiger partial charge in [-0.25, -0.2) is 14.6 Å². The summed E-state index contributed by atoms with van der Waals surface area (Å²) in [5.41, 5.74) is 0.985. The number of halogens is 1. The Morgan fingerprint density at radius 1 is 1.48 bits per heavy atom. The number of ether oxygens (including phenoxy) is 1. The molecule has 1 aromatic heterocycles. The summed E-state index contributed by atoms with van der Waals surface area (Å²) in [4.78, 5) is 28.2. The number of rotatable bonds is 6. The van der Waals surface area contributed by atoms with Crippen molar-refractivity contribution in [2.45, 2.75) is 31.3 Å². The first-order chi connectivity index (χ1) is 11.1. The average Bonchev–Trinajstić information content (AvgIpc) is 2.53. The van der Waals surface area contributed by atoms with Crippen molar-refractivity contribution < 1.29 is 14.3 Å². The van der Waals surface area contributed by atoms with E-state index in [2.05, 4.69) is 15.6 Å². The largest absolute Gasteiger partial charge is 0.463 e. The maximum Gasteiger partial charge on any atom is 0.337 e. The van der Waals surface area contributed by atoms with Gasteiger partial charge >= 0.3 is 12.0 Å². The van der Waals surface area contributed by atoms with Crippen LogP contribution >= 0.6 is 23.4 Å². The van der Waals surface area contributed by atoms with Gasteiger partial charge in [0.25, 0.3) is 0 Å². The lowest BCUT2D eigenvalue weighted by Gasteiger charge is -2.28. The van der Waals surface area contributed by atoms with Gasteiger partial charge in [0.1, 0.15) is 5.03 Å². The minimum absolute atomic E-state index is 0.277. The Bertz CT molecular complexity index is 636. The third-order valence-corrected chi connectivity index (χ3v) is 4.67. The highest BCUT2D eigenvalue weighted by molar-refractivity contribution is 7.99. The summed E-state index contributed by atoms with van der Waals surface area (Å²) in [6, 6.07) is 2.80. The summed E-state index contributed by atoms with van der Waals surface area (Å²) >= 11 is 7.44. The molecule has 0 spiro atoms. The number of nitrogens with zero attached hydrogens (tertiary/aromatic N) is 1. The maximum absolute atomic E-state index is 12.2. The monoisotopic (exact) mass is 355 g/mol. The third kappa shape index (κ3) is 4.39. The van der Waals surface area contributed by atoms with Crippen LogP contribution in [0, 0.1) is 0 Å². The Kier molecular flexibility index (Phi) is 6.29. The van der Waals surface area contributed by atoms with Crippen LogP contribution < -0.4 is 10.6 Å². The van der Waals surface area contributed by atoms with Crippen LogP contribution in [0.25, 0.3) is 0 Å². The first kappa shape index (κ1) is 17.6. The van der Waals surface area contributed by atoms with E-state index in [9.17, 15) is 9.59 Å². The summed E-state index contributed by atoms with van der Waals surface area (Å²) in [7, 11) is 0. The molecule has 0 radical (unpaired) electrons. The molecule has 1 aliphatic heterocycles. The number of hydrogen-bond acceptors (Lipinski definition) is 5. The zero-order chi connectivity index (χ0) is 16.8. The Labute approximate surface area is 144 Å². The fourth-order valence-corrected chi connectivity index (χ4v) is 3.33. The second-order valence-corrected chi connectivity index (χ2v) is 6.12. The molecule has 8 heteroatoms. The van der Waals surface area contributed by atoms with Gasteiger partial charge < -0.3 is 15.4 Å². The second-order valence-electron chi connectivity index (χ2n) is 4.75. The average molecular weight is 356 g/mol. The Morgan fingerprint density at radius 3 is 2.91 bits per heavy atom. The highest BCUT2D eigenvalue weighted by Crippen LogP contribution is 2.27. The second kappa shape index (κ2) is 8.21. The van der Waals surface area contributed by atoms with E-state index in [0.717, 1.165) is 0 Å². The van der Waals surface area contributed by atoms with E-state index >= 15 is 0 Å². The number of urea groups is 1. The van der Waals surface area contributed by atoms with Crippen LogP contribution in [-0.4, -0.2) is 35.4 Å². The smallest absolute Gasteiger partial charge is 0.337 e. The maximum atomic E-state index is 12.2. The van der Waals surface area contributed by atoms with E-state index in [1.54, 1.807) is 25.3 Å². The number of carbonyl (C=O) groups is 2. The molecule has 23 heavy (non-hydrogen) atoms. The van der Waals surface area contributed by atoms with Gasteiger partial charge in [-0.15, -0.1) is 0 Å². The number of pyridine rings is 1. The van der Waals surface area contributed by atoms with Crippen molar-refractivity contribution in [1.82, 2.24) is 15.6 Å². The van der Waals surface area contributed by atoms with Gasteiger partial charge in [-0.1, -0.05) is 30.3 Å². The normalized spacial score (nSPS) is 17.5. The molecule has 6 nitrogen and oxygen atoms in total. The van der Waals surface area contributed by atoms with Crippen molar-refractivity contribution in [2.24, 2.45) is 0 Å². The molecule has 2 rings (SSSR count). The summed E-state index contributed by atoms with van der Waals surface area (Å²) in [6.45, 7) is 3.92. The molecule has 2 N–H and O–H groups in total. The molecule has 1 unspecified atom stereocenters. The zero-order valence-electron chi connectivity index (χ0n) is 12.9. The summed E-state index contributed by atoms with van der Waals surface area (Å²) < 4.78 is 5.12. The molecule has 1 aromatic rings. The fraction of sp³-hybridized carbons (Fsp3) is 0.400. The highest BCUT2D eigenvalue weighted by atomic mass is 35.5. The lowest BCUT2D eigenvalue weighted by Crippen LogP contribution is -2.50. The summed E-state index contributed by atoms with van der Waals surface area (Å²) in [5.74, 6) is -0.0519. The Morgan fingerprint density at radius 2 is 2.26 bits per heavy atom. The van der Waals surface area contributed by atoms with Crippen LogP contribution in [0.2, 0.25) is 5.02 Å². The van der Waals surface area contributed by atoms with Gasteiger partial charge in [0.2, 0.25) is 0 Å². The minimum atomic E-state index is -0.422. The van der Waals surface area contributed by atoms with Crippen molar-refractivity contribution in [3.8, 4) is 0 Å². The topological polar surface area (TPSA) is 80.3 Å². The van der Waals surface area contributed by atoms with Gasteiger partial charge in [-0.3, -0.25) is 0 Å². The van der Waals surface area contributed by atoms with E-state index in [-0.39, 0.29) is 18.7 Å². The van der Waals surface area contributed by atoms with Gasteiger partial charge in [-0.2, -0.15) is 0 Å². The number of aromatic nitrogens is 1. The summed E-state index contributed by atoms with van der Waals surface area (Å²) in [5, 5.41) is 6.61. The van der Waals surface area contributed by atoms with E-state index in [1.165, 1.54) is 11.8 Å². The van der Waals surface area contributed by atoms with Gasteiger partial charge in [-0.05, 0) is 25.5 Å². The molecular weight excluding hydrogens is 338 g/mol. The molecule has 1 atom stereocenters. The molecule has 0 aliphatic carbocycles. The van der Waals surface area contributed by atoms with Gasteiger partial charge in [0.05, 0.1) is 23.2 Å². The highest BCUT2D eigenvalue weighted by Gasteiger charge is 2.31. The Hall–Kier alpha value is -1.73. The van der Waals surface area contributed by atoms with E-state index in [0.29, 0.717) is 33.5 Å². The quantitative estimate of drug-likeness (QED) is 0.605. The summed E-state index contributed by atoms with van der Waals surface area (Å²) in [6.07, 6.45) is 2.24. The molecular formula is C15H18ClN3O3S. The molecule has 0 aromatic carbocycles. The molecule has 0 fully saturated rings. The zero-order valence-corrected chi connectivity index (χ0v) is 14.5. The SMILES string of the molecule is CCOC(=O)C1=C(CSc2ncccc2Cl)NC(=O)NC1CC. The predicted molar refractivity (Wildman–Crippen MR) is 89.4 cm³/mol. The van der Waals surface area contributed by atoms with Crippen molar-refractivity contribution in [3.05, 3.63) is 34.6 Å². The molecule has 0 saturated carbocycles. The van der Waals surface area contributed by atoms with Crippen LogP contribution in [0.5, 0.6) is 0 Å². The van der Waals surface area contributed by atoms with Crippen molar-refractivity contribution in [2.75, 3.05) is 12.4 Å². The van der Waals surface area contributed by atoms with Crippen LogP contribution in [0.4, 0.5) is 4.79 Å². The number of nitrogens with one attached hydrogen (secondary N) is 2. The van der Waals surface area contributed by atoms with Gasteiger partial charge in [0.15, 0.2) is 0 Å². The number of esters is 1. The molecule has 0 bridgehead atoms. The molecule has 1 aliphatic rings. The number of thioether (sulfide) groups is 1. The first-order valence-corrected chi connectivity index (χ1v) is 8.64. The fourth-order valence-electron chi connectivity index (χ4n) is 2.19.